The molecule has 1 saturated heterocycles. The maximum atomic E-state index is 12.4. The van der Waals surface area contributed by atoms with Crippen molar-refractivity contribution in [3.05, 3.63) is 53.1 Å². The van der Waals surface area contributed by atoms with Gasteiger partial charge in [0.15, 0.2) is 5.11 Å². The molecule has 2 amide bonds. The zero-order chi connectivity index (χ0) is 15.6. The van der Waals surface area contributed by atoms with Crippen LogP contribution in [-0.2, 0) is 9.59 Å². The maximum Gasteiger partial charge on any atom is 0.265 e. The predicted octanol–water partition coefficient (Wildman–Crippen LogP) is 2.12. The first-order chi connectivity index (χ1) is 9.93. The summed E-state index contributed by atoms with van der Waals surface area (Å²) in [7, 11) is 0. The Morgan fingerprint density at radius 1 is 1.33 bits per heavy atom. The van der Waals surface area contributed by atoms with Gasteiger partial charge in [0.2, 0.25) is 0 Å². The molecule has 21 heavy (non-hydrogen) atoms. The molecule has 1 heterocycles. The van der Waals surface area contributed by atoms with Crippen molar-refractivity contribution in [1.29, 1.82) is 0 Å². The van der Waals surface area contributed by atoms with Gasteiger partial charge in [-0.3, -0.25) is 19.8 Å². The van der Waals surface area contributed by atoms with E-state index < -0.39 is 11.8 Å². The van der Waals surface area contributed by atoms with Crippen LogP contribution in [0.1, 0.15) is 16.7 Å². The summed E-state index contributed by atoms with van der Waals surface area (Å²) in [5.74, 6) is -0.865. The van der Waals surface area contributed by atoms with E-state index in [1.165, 1.54) is 4.90 Å². The molecule has 2 rings (SSSR count). The van der Waals surface area contributed by atoms with Crippen LogP contribution in [-0.4, -0.2) is 28.4 Å². The van der Waals surface area contributed by atoms with E-state index in [1.54, 1.807) is 12.2 Å². The standard InChI is InChI=1S/C16H16N2O2S/c1-4-7-18-15(20)13(14(19)17-16(18)21)9-12-8-10(2)5-6-11(12)3/h4-6,8-9H,1,7H2,2-3H3,(H,17,19,21). The first-order valence-electron chi connectivity index (χ1n) is 6.51. The highest BCUT2D eigenvalue weighted by atomic mass is 32.1. The SMILES string of the molecule is C=CCN1C(=O)C(=Cc2cc(C)ccc2C)C(=O)NC1=S. The lowest BCUT2D eigenvalue weighted by Gasteiger charge is -2.27. The minimum Gasteiger partial charge on any atom is -0.298 e. The Morgan fingerprint density at radius 3 is 2.71 bits per heavy atom. The first-order valence-corrected chi connectivity index (χ1v) is 6.92. The summed E-state index contributed by atoms with van der Waals surface area (Å²) in [4.78, 5) is 25.7. The van der Waals surface area contributed by atoms with Gasteiger partial charge in [0.1, 0.15) is 5.57 Å². The minimum absolute atomic E-state index is 0.0825. The first kappa shape index (κ1) is 15.1. The molecule has 0 bridgehead atoms. The van der Waals surface area contributed by atoms with Crippen molar-refractivity contribution in [2.24, 2.45) is 0 Å². The summed E-state index contributed by atoms with van der Waals surface area (Å²) >= 11 is 5.01. The largest absolute Gasteiger partial charge is 0.298 e. The summed E-state index contributed by atoms with van der Waals surface area (Å²) in [6.45, 7) is 7.75. The molecule has 1 fully saturated rings. The van der Waals surface area contributed by atoms with Crippen LogP contribution in [0.5, 0.6) is 0 Å². The number of nitrogens with zero attached hydrogens (tertiary/aromatic N) is 1. The van der Waals surface area contributed by atoms with Crippen LogP contribution >= 0.6 is 12.2 Å². The topological polar surface area (TPSA) is 49.4 Å². The molecule has 0 atom stereocenters. The number of benzene rings is 1. The lowest BCUT2D eigenvalue weighted by atomic mass is 10.0. The van der Waals surface area contributed by atoms with Gasteiger partial charge in [0, 0.05) is 6.54 Å². The highest BCUT2D eigenvalue weighted by Crippen LogP contribution is 2.18. The molecule has 1 aromatic carbocycles. The van der Waals surface area contributed by atoms with Crippen LogP contribution in [0.2, 0.25) is 0 Å². The molecule has 5 heteroatoms. The Kier molecular flexibility index (Phi) is 4.33. The smallest absolute Gasteiger partial charge is 0.265 e. The van der Waals surface area contributed by atoms with Gasteiger partial charge >= 0.3 is 0 Å². The second-order valence-electron chi connectivity index (χ2n) is 4.88. The van der Waals surface area contributed by atoms with Crippen molar-refractivity contribution in [3.63, 3.8) is 0 Å². The number of amides is 2. The second-order valence-corrected chi connectivity index (χ2v) is 5.27. The molecule has 1 aliphatic rings. The van der Waals surface area contributed by atoms with Crippen molar-refractivity contribution in [2.75, 3.05) is 6.54 Å². The average molecular weight is 300 g/mol. The van der Waals surface area contributed by atoms with Crippen molar-refractivity contribution >= 4 is 35.2 Å². The van der Waals surface area contributed by atoms with Crippen LogP contribution in [0.4, 0.5) is 0 Å². The van der Waals surface area contributed by atoms with Crippen molar-refractivity contribution in [2.45, 2.75) is 13.8 Å². The number of hydrogen-bond donors (Lipinski definition) is 1. The van der Waals surface area contributed by atoms with E-state index in [0.29, 0.717) is 0 Å². The second kappa shape index (κ2) is 6.01. The Labute approximate surface area is 129 Å². The van der Waals surface area contributed by atoms with Gasteiger partial charge in [-0.25, -0.2) is 0 Å². The van der Waals surface area contributed by atoms with Crippen LogP contribution in [0.15, 0.2) is 36.4 Å². The Morgan fingerprint density at radius 2 is 2.05 bits per heavy atom. The van der Waals surface area contributed by atoms with Gasteiger partial charge < -0.3 is 0 Å². The summed E-state index contributed by atoms with van der Waals surface area (Å²) in [6.07, 6.45) is 3.18. The van der Waals surface area contributed by atoms with Gasteiger partial charge in [-0.05, 0) is 43.3 Å². The molecule has 0 saturated carbocycles. The van der Waals surface area contributed by atoms with E-state index in [4.69, 9.17) is 12.2 Å². The molecular weight excluding hydrogens is 284 g/mol. The van der Waals surface area contributed by atoms with Crippen LogP contribution < -0.4 is 5.32 Å². The van der Waals surface area contributed by atoms with E-state index in [9.17, 15) is 9.59 Å². The third-order valence-corrected chi connectivity index (χ3v) is 3.55. The fraction of sp³-hybridized carbons (Fsp3) is 0.188. The van der Waals surface area contributed by atoms with E-state index in [-0.39, 0.29) is 17.2 Å². The van der Waals surface area contributed by atoms with E-state index in [1.807, 2.05) is 32.0 Å². The Hall–Kier alpha value is -2.27. The fourth-order valence-corrected chi connectivity index (χ4v) is 2.31. The minimum atomic E-state index is -0.466. The summed E-state index contributed by atoms with van der Waals surface area (Å²) in [5, 5.41) is 2.64. The third-order valence-electron chi connectivity index (χ3n) is 3.23. The number of carbonyl (C=O) groups excluding carboxylic acids is 2. The number of carbonyl (C=O) groups is 2. The van der Waals surface area contributed by atoms with Gasteiger partial charge in [-0.15, -0.1) is 6.58 Å². The maximum absolute atomic E-state index is 12.4. The van der Waals surface area contributed by atoms with Crippen molar-refractivity contribution < 1.29 is 9.59 Å². The molecule has 1 aliphatic heterocycles. The average Bonchev–Trinajstić information content (AvgIpc) is 2.43. The Bertz CT molecular complexity index is 677. The molecule has 0 radical (unpaired) electrons. The zero-order valence-corrected chi connectivity index (χ0v) is 12.8. The van der Waals surface area contributed by atoms with Gasteiger partial charge in [0.25, 0.3) is 11.8 Å². The molecule has 0 aliphatic carbocycles. The van der Waals surface area contributed by atoms with Crippen molar-refractivity contribution in [3.8, 4) is 0 Å². The monoisotopic (exact) mass is 300 g/mol. The summed E-state index contributed by atoms with van der Waals surface area (Å²) < 4.78 is 0. The highest BCUT2D eigenvalue weighted by Gasteiger charge is 2.32. The normalized spacial score (nSPS) is 17.1. The van der Waals surface area contributed by atoms with Gasteiger partial charge in [-0.2, -0.15) is 0 Å². The molecule has 108 valence electrons. The number of rotatable bonds is 3. The Balaban J connectivity index is 2.45. The quantitative estimate of drug-likeness (QED) is 0.402. The molecule has 4 nitrogen and oxygen atoms in total. The number of hydrogen-bond acceptors (Lipinski definition) is 3. The number of nitrogens with one attached hydrogen (secondary N) is 1. The van der Waals surface area contributed by atoms with Crippen LogP contribution in [0, 0.1) is 13.8 Å². The molecule has 0 aromatic heterocycles. The zero-order valence-electron chi connectivity index (χ0n) is 12.0. The molecule has 0 spiro atoms. The summed E-state index contributed by atoms with van der Waals surface area (Å²) in [6, 6.07) is 5.88. The predicted molar refractivity (Wildman–Crippen MR) is 86.5 cm³/mol. The lowest BCUT2D eigenvalue weighted by molar-refractivity contribution is -0.128. The molecular formula is C16H16N2O2S. The van der Waals surface area contributed by atoms with Crippen LogP contribution in [0.25, 0.3) is 6.08 Å². The summed E-state index contributed by atoms with van der Waals surface area (Å²) in [5.41, 5.74) is 2.99. The number of aryl methyl sites for hydroxylation is 2. The van der Waals surface area contributed by atoms with Crippen LogP contribution in [0.3, 0.4) is 0 Å². The van der Waals surface area contributed by atoms with E-state index in [0.717, 1.165) is 16.7 Å². The molecule has 1 aromatic rings. The highest BCUT2D eigenvalue weighted by molar-refractivity contribution is 7.80. The van der Waals surface area contributed by atoms with Gasteiger partial charge in [-0.1, -0.05) is 29.8 Å². The van der Waals surface area contributed by atoms with Gasteiger partial charge in [0.05, 0.1) is 0 Å². The van der Waals surface area contributed by atoms with E-state index in [2.05, 4.69) is 11.9 Å². The van der Waals surface area contributed by atoms with Crippen molar-refractivity contribution in [1.82, 2.24) is 10.2 Å². The fourth-order valence-electron chi connectivity index (χ4n) is 2.06. The lowest BCUT2D eigenvalue weighted by Crippen LogP contribution is -2.53. The third kappa shape index (κ3) is 3.08. The van der Waals surface area contributed by atoms with E-state index >= 15 is 0 Å². The molecule has 0 unspecified atom stereocenters. The number of thiocarbonyl (C=S) groups is 1. The molecule has 1 N–H and O–H groups in total.